The zero-order valence-corrected chi connectivity index (χ0v) is 16.7. The van der Waals surface area contributed by atoms with Gasteiger partial charge >= 0.3 is 6.03 Å². The fraction of sp³-hybridized carbons (Fsp3) is 0.300. The van der Waals surface area contributed by atoms with Crippen molar-refractivity contribution >= 4 is 16.1 Å². The van der Waals surface area contributed by atoms with Crippen LogP contribution in [0, 0.1) is 17.1 Å². The van der Waals surface area contributed by atoms with E-state index in [4.69, 9.17) is 5.26 Å². The van der Waals surface area contributed by atoms with E-state index in [-0.39, 0.29) is 49.0 Å². The van der Waals surface area contributed by atoms with Crippen molar-refractivity contribution in [1.82, 2.24) is 14.5 Å². The van der Waals surface area contributed by atoms with Crippen molar-refractivity contribution in [1.29, 1.82) is 5.26 Å². The average Bonchev–Trinajstić information content (AvgIpc) is 2.74. The monoisotopic (exact) mass is 416 g/mol. The summed E-state index contributed by atoms with van der Waals surface area (Å²) in [4.78, 5) is 14.2. The number of nitrogens with zero attached hydrogens (tertiary/aromatic N) is 3. The van der Waals surface area contributed by atoms with Gasteiger partial charge in [-0.2, -0.15) is 9.57 Å². The van der Waals surface area contributed by atoms with Crippen LogP contribution < -0.4 is 5.32 Å². The van der Waals surface area contributed by atoms with Crippen LogP contribution in [0.1, 0.15) is 24.1 Å². The van der Waals surface area contributed by atoms with Crippen molar-refractivity contribution in [3.05, 3.63) is 65.5 Å². The first-order valence-corrected chi connectivity index (χ1v) is 10.6. The second-order valence-electron chi connectivity index (χ2n) is 6.75. The van der Waals surface area contributed by atoms with Gasteiger partial charge in [0.25, 0.3) is 0 Å². The van der Waals surface area contributed by atoms with Crippen LogP contribution in [0.5, 0.6) is 0 Å². The number of carbonyl (C=O) groups is 1. The number of sulfonamides is 1. The predicted octanol–water partition coefficient (Wildman–Crippen LogP) is 2.47. The van der Waals surface area contributed by atoms with Crippen LogP contribution in [-0.2, 0) is 10.0 Å². The van der Waals surface area contributed by atoms with Crippen molar-refractivity contribution in [3.63, 3.8) is 0 Å². The molecule has 29 heavy (non-hydrogen) atoms. The maximum Gasteiger partial charge on any atom is 0.317 e. The lowest BCUT2D eigenvalue weighted by atomic mass is 10.1. The molecule has 1 atom stereocenters. The molecule has 1 fully saturated rings. The van der Waals surface area contributed by atoms with E-state index >= 15 is 0 Å². The van der Waals surface area contributed by atoms with Crippen LogP contribution in [-0.4, -0.2) is 49.8 Å². The maximum absolute atomic E-state index is 13.0. The van der Waals surface area contributed by atoms with Crippen LogP contribution >= 0.6 is 0 Å². The van der Waals surface area contributed by atoms with Gasteiger partial charge in [0.1, 0.15) is 5.82 Å². The minimum Gasteiger partial charge on any atom is -0.331 e. The van der Waals surface area contributed by atoms with Crippen molar-refractivity contribution in [2.24, 2.45) is 0 Å². The number of rotatable bonds is 4. The van der Waals surface area contributed by atoms with Gasteiger partial charge in [-0.15, -0.1) is 0 Å². The zero-order chi connectivity index (χ0) is 21.0. The summed E-state index contributed by atoms with van der Waals surface area (Å²) in [6, 6.07) is 13.0. The Bertz CT molecular complexity index is 1010. The molecule has 2 aromatic carbocycles. The molecule has 3 rings (SSSR count). The third kappa shape index (κ3) is 4.72. The topological polar surface area (TPSA) is 93.5 Å². The molecule has 1 unspecified atom stereocenters. The molecule has 1 saturated heterocycles. The van der Waals surface area contributed by atoms with Crippen LogP contribution in [0.25, 0.3) is 0 Å². The number of benzene rings is 2. The highest BCUT2D eigenvalue weighted by molar-refractivity contribution is 7.89. The minimum atomic E-state index is -3.68. The van der Waals surface area contributed by atoms with Gasteiger partial charge in [0.2, 0.25) is 10.0 Å². The van der Waals surface area contributed by atoms with E-state index < -0.39 is 10.0 Å². The molecule has 2 aromatic rings. The van der Waals surface area contributed by atoms with Gasteiger partial charge in [0, 0.05) is 26.2 Å². The molecule has 0 saturated carbocycles. The van der Waals surface area contributed by atoms with E-state index in [1.807, 2.05) is 6.07 Å². The Hall–Kier alpha value is -2.96. The molecular weight excluding hydrogens is 395 g/mol. The summed E-state index contributed by atoms with van der Waals surface area (Å²) in [6.45, 7) is 2.69. The number of hydrogen-bond acceptors (Lipinski definition) is 4. The number of nitrogens with one attached hydrogen (secondary N) is 1. The normalized spacial score (nSPS) is 16.1. The smallest absolute Gasteiger partial charge is 0.317 e. The number of carbonyl (C=O) groups excluding carboxylic acids is 1. The first-order valence-electron chi connectivity index (χ1n) is 9.12. The molecule has 0 bridgehead atoms. The molecule has 2 amide bonds. The Morgan fingerprint density at radius 1 is 1.07 bits per heavy atom. The van der Waals surface area contributed by atoms with Crippen LogP contribution in [0.4, 0.5) is 9.18 Å². The number of amides is 2. The van der Waals surface area contributed by atoms with Crippen molar-refractivity contribution < 1.29 is 17.6 Å². The zero-order valence-electron chi connectivity index (χ0n) is 15.9. The quantitative estimate of drug-likeness (QED) is 0.829. The molecule has 0 aliphatic carbocycles. The molecule has 1 heterocycles. The fourth-order valence-corrected chi connectivity index (χ4v) is 4.52. The van der Waals surface area contributed by atoms with Gasteiger partial charge in [-0.3, -0.25) is 0 Å². The molecule has 9 heteroatoms. The number of halogens is 1. The predicted molar refractivity (Wildman–Crippen MR) is 105 cm³/mol. The molecule has 1 N–H and O–H groups in total. The summed E-state index contributed by atoms with van der Waals surface area (Å²) >= 11 is 0. The van der Waals surface area contributed by atoms with E-state index in [2.05, 4.69) is 5.32 Å². The van der Waals surface area contributed by atoms with Gasteiger partial charge in [0.15, 0.2) is 0 Å². The highest BCUT2D eigenvalue weighted by Crippen LogP contribution is 2.19. The molecule has 0 radical (unpaired) electrons. The van der Waals surface area contributed by atoms with Crippen molar-refractivity contribution in [2.45, 2.75) is 17.9 Å². The second-order valence-corrected chi connectivity index (χ2v) is 8.69. The fourth-order valence-electron chi connectivity index (χ4n) is 3.09. The first kappa shape index (κ1) is 20.8. The second kappa shape index (κ2) is 8.59. The van der Waals surface area contributed by atoms with Crippen molar-refractivity contribution in [2.75, 3.05) is 26.2 Å². The summed E-state index contributed by atoms with van der Waals surface area (Å²) in [5, 5.41) is 11.7. The summed E-state index contributed by atoms with van der Waals surface area (Å²) in [5.41, 5.74) is 1.17. The third-order valence-electron chi connectivity index (χ3n) is 4.86. The first-order chi connectivity index (χ1) is 13.8. The number of hydrogen-bond donors (Lipinski definition) is 1. The van der Waals surface area contributed by atoms with Gasteiger partial charge < -0.3 is 10.2 Å². The molecule has 0 aromatic heterocycles. The highest BCUT2D eigenvalue weighted by Gasteiger charge is 2.30. The molecule has 7 nitrogen and oxygen atoms in total. The summed E-state index contributed by atoms with van der Waals surface area (Å²) in [5.74, 6) is -0.341. The average molecular weight is 416 g/mol. The van der Waals surface area contributed by atoms with Gasteiger partial charge in [-0.05, 0) is 48.9 Å². The van der Waals surface area contributed by atoms with E-state index in [0.29, 0.717) is 5.56 Å². The summed E-state index contributed by atoms with van der Waals surface area (Å²) < 4.78 is 39.9. The van der Waals surface area contributed by atoms with E-state index in [0.717, 1.165) is 5.56 Å². The van der Waals surface area contributed by atoms with Crippen molar-refractivity contribution in [3.8, 4) is 6.07 Å². The molecule has 0 spiro atoms. The Morgan fingerprint density at radius 2 is 1.66 bits per heavy atom. The Labute approximate surface area is 169 Å². The van der Waals surface area contributed by atoms with E-state index in [1.54, 1.807) is 24.0 Å². The molecule has 1 aliphatic heterocycles. The standard InChI is InChI=1S/C20H21FN4O3S/c1-15(17-4-6-18(21)7-5-17)23-20(26)24-10-12-25(13-11-24)29(27,28)19-8-2-16(14-22)3-9-19/h2-9,15H,10-13H2,1H3,(H,23,26). The minimum absolute atomic E-state index is 0.124. The lowest BCUT2D eigenvalue weighted by Crippen LogP contribution is -2.53. The van der Waals surface area contributed by atoms with E-state index in [1.165, 1.54) is 40.7 Å². The lowest BCUT2D eigenvalue weighted by molar-refractivity contribution is 0.169. The number of nitriles is 1. The van der Waals surface area contributed by atoms with Crippen LogP contribution in [0.3, 0.4) is 0 Å². The van der Waals surface area contributed by atoms with Gasteiger partial charge in [0.05, 0.1) is 22.6 Å². The maximum atomic E-state index is 13.0. The largest absolute Gasteiger partial charge is 0.331 e. The lowest BCUT2D eigenvalue weighted by Gasteiger charge is -2.34. The van der Waals surface area contributed by atoms with Gasteiger partial charge in [-0.1, -0.05) is 12.1 Å². The SMILES string of the molecule is CC(NC(=O)N1CCN(S(=O)(=O)c2ccc(C#N)cc2)CC1)c1ccc(F)cc1. The molecule has 1 aliphatic rings. The van der Waals surface area contributed by atoms with Gasteiger partial charge in [-0.25, -0.2) is 17.6 Å². The Morgan fingerprint density at radius 3 is 2.21 bits per heavy atom. The number of urea groups is 1. The highest BCUT2D eigenvalue weighted by atomic mass is 32.2. The van der Waals surface area contributed by atoms with Crippen LogP contribution in [0.15, 0.2) is 53.4 Å². The van der Waals surface area contributed by atoms with E-state index in [9.17, 15) is 17.6 Å². The summed E-state index contributed by atoms with van der Waals surface area (Å²) in [6.07, 6.45) is 0. The third-order valence-corrected chi connectivity index (χ3v) is 6.77. The van der Waals surface area contributed by atoms with Crippen LogP contribution in [0.2, 0.25) is 0 Å². The molecule has 152 valence electrons. The number of piperazine rings is 1. The Balaban J connectivity index is 1.58. The summed E-state index contributed by atoms with van der Waals surface area (Å²) in [7, 11) is -3.68. The Kier molecular flexibility index (Phi) is 6.15. The molecular formula is C20H21FN4O3S.